The Kier molecular flexibility index (Phi) is 9.34. The zero-order valence-electron chi connectivity index (χ0n) is 20.4. The Labute approximate surface area is 194 Å². The molecule has 0 radical (unpaired) electrons. The number of carbonyl (C=O) groups is 1. The predicted octanol–water partition coefficient (Wildman–Crippen LogP) is 4.76. The maximum absolute atomic E-state index is 13.7. The number of halogens is 1. The van der Waals surface area contributed by atoms with Crippen LogP contribution in [0.15, 0.2) is 35.1 Å². The first kappa shape index (κ1) is 26.3. The third-order valence-electron chi connectivity index (χ3n) is 5.47. The summed E-state index contributed by atoms with van der Waals surface area (Å²) < 4.78 is 25.9. The van der Waals surface area contributed by atoms with Crippen LogP contribution in [0, 0.1) is 17.7 Å². The molecule has 0 saturated carbocycles. The van der Waals surface area contributed by atoms with Crippen LogP contribution in [-0.2, 0) is 11.3 Å². The van der Waals surface area contributed by atoms with Crippen molar-refractivity contribution < 1.29 is 18.7 Å². The van der Waals surface area contributed by atoms with Gasteiger partial charge in [-0.1, -0.05) is 26.8 Å². The first-order valence-corrected chi connectivity index (χ1v) is 11.1. The van der Waals surface area contributed by atoms with E-state index in [1.807, 2.05) is 33.8 Å². The van der Waals surface area contributed by atoms with Crippen LogP contribution in [0.3, 0.4) is 0 Å². The predicted molar refractivity (Wildman–Crippen MR) is 128 cm³/mol. The monoisotopic (exact) mass is 459 g/mol. The molecular formula is C25H34FN3O4. The molecule has 180 valence electrons. The number of benzene rings is 1. The maximum Gasteiger partial charge on any atom is 0.274 e. The molecule has 2 aromatic rings. The second kappa shape index (κ2) is 11.7. The quantitative estimate of drug-likeness (QED) is 0.554. The van der Waals surface area contributed by atoms with Gasteiger partial charge in [-0.25, -0.2) is 9.07 Å². The molecule has 0 saturated heterocycles. The minimum Gasteiger partial charge on any atom is -0.496 e. The van der Waals surface area contributed by atoms with E-state index >= 15 is 0 Å². The van der Waals surface area contributed by atoms with Gasteiger partial charge in [0.05, 0.1) is 25.4 Å². The summed E-state index contributed by atoms with van der Waals surface area (Å²) in [5, 5.41) is 7.05. The number of hydrogen-bond acceptors (Lipinski definition) is 5. The van der Waals surface area contributed by atoms with E-state index in [1.54, 1.807) is 0 Å². The summed E-state index contributed by atoms with van der Waals surface area (Å²) in [6.45, 7) is 12.6. The van der Waals surface area contributed by atoms with Crippen LogP contribution in [0.1, 0.15) is 57.5 Å². The third-order valence-corrected chi connectivity index (χ3v) is 5.47. The molecule has 0 bridgehead atoms. The Balaban J connectivity index is 2.47. The number of anilines is 1. The number of rotatable bonds is 10. The van der Waals surface area contributed by atoms with Crippen LogP contribution in [0.4, 0.5) is 10.2 Å². The normalized spacial score (nSPS) is 12.8. The number of ether oxygens (including phenoxy) is 2. The van der Waals surface area contributed by atoms with Crippen molar-refractivity contribution in [2.45, 2.75) is 54.2 Å². The molecule has 8 heteroatoms. The number of carbonyl (C=O) groups excluding carboxylic acids is 1. The van der Waals surface area contributed by atoms with Crippen molar-refractivity contribution in [2.24, 2.45) is 11.8 Å². The number of amides is 1. The van der Waals surface area contributed by atoms with E-state index < -0.39 is 11.7 Å². The van der Waals surface area contributed by atoms with Gasteiger partial charge in [0.15, 0.2) is 5.82 Å². The molecule has 0 fully saturated rings. The average Bonchev–Trinajstić information content (AvgIpc) is 2.75. The molecule has 0 aliphatic carbocycles. The van der Waals surface area contributed by atoms with Gasteiger partial charge in [0.2, 0.25) is 0 Å². The number of allylic oxidation sites excluding steroid dienone is 1. The minimum absolute atomic E-state index is 0.0340. The number of nitrogens with zero attached hydrogens (tertiary/aromatic N) is 2. The minimum atomic E-state index is -0.586. The molecule has 2 rings (SSSR count). The highest BCUT2D eigenvalue weighted by molar-refractivity contribution is 6.05. The van der Waals surface area contributed by atoms with Gasteiger partial charge in [0.25, 0.3) is 11.5 Å². The van der Waals surface area contributed by atoms with Gasteiger partial charge < -0.3 is 14.8 Å². The maximum atomic E-state index is 13.7. The summed E-state index contributed by atoms with van der Waals surface area (Å²) in [7, 11) is 1.40. The van der Waals surface area contributed by atoms with E-state index in [1.165, 1.54) is 30.0 Å². The van der Waals surface area contributed by atoms with Crippen molar-refractivity contribution in [1.29, 1.82) is 0 Å². The van der Waals surface area contributed by atoms with E-state index in [2.05, 4.69) is 24.3 Å². The van der Waals surface area contributed by atoms with Crippen molar-refractivity contribution in [3.05, 3.63) is 57.6 Å². The highest BCUT2D eigenvalue weighted by Gasteiger charge is 2.18. The van der Waals surface area contributed by atoms with E-state index in [0.717, 1.165) is 6.07 Å². The fraction of sp³-hybridized carbons (Fsp3) is 0.480. The molecule has 1 aromatic heterocycles. The van der Waals surface area contributed by atoms with Crippen molar-refractivity contribution in [1.82, 2.24) is 9.78 Å². The summed E-state index contributed by atoms with van der Waals surface area (Å²) in [6.07, 6.45) is 1.89. The molecule has 1 N–H and O–H groups in total. The van der Waals surface area contributed by atoms with Crippen LogP contribution >= 0.6 is 0 Å². The number of aromatic nitrogens is 2. The smallest absolute Gasteiger partial charge is 0.274 e. The van der Waals surface area contributed by atoms with E-state index in [-0.39, 0.29) is 34.7 Å². The van der Waals surface area contributed by atoms with Crippen molar-refractivity contribution in [3.8, 4) is 5.75 Å². The number of hydrogen-bond donors (Lipinski definition) is 1. The zero-order valence-corrected chi connectivity index (χ0v) is 20.4. The third kappa shape index (κ3) is 7.25. The van der Waals surface area contributed by atoms with Gasteiger partial charge in [-0.05, 0) is 62.4 Å². The molecule has 1 heterocycles. The molecule has 1 aromatic carbocycles. The van der Waals surface area contributed by atoms with Crippen molar-refractivity contribution in [3.63, 3.8) is 0 Å². The zero-order chi connectivity index (χ0) is 24.7. The second-order valence-electron chi connectivity index (χ2n) is 8.72. The Morgan fingerprint density at radius 2 is 1.88 bits per heavy atom. The number of methoxy groups -OCH3 is 1. The summed E-state index contributed by atoms with van der Waals surface area (Å²) in [5.41, 5.74) is 0.913. The molecule has 1 amide bonds. The average molecular weight is 460 g/mol. The van der Waals surface area contributed by atoms with Gasteiger partial charge in [-0.2, -0.15) is 5.10 Å². The van der Waals surface area contributed by atoms with Crippen LogP contribution in [0.5, 0.6) is 5.75 Å². The molecule has 0 aliphatic heterocycles. The first-order chi connectivity index (χ1) is 15.5. The molecule has 33 heavy (non-hydrogen) atoms. The number of nitrogens with one attached hydrogen (secondary N) is 1. The lowest BCUT2D eigenvalue weighted by Crippen LogP contribution is -2.31. The fourth-order valence-electron chi connectivity index (χ4n) is 3.01. The van der Waals surface area contributed by atoms with E-state index in [4.69, 9.17) is 9.47 Å². The highest BCUT2D eigenvalue weighted by atomic mass is 19.1. The Morgan fingerprint density at radius 1 is 1.18 bits per heavy atom. The lowest BCUT2D eigenvalue weighted by Gasteiger charge is -2.18. The van der Waals surface area contributed by atoms with E-state index in [9.17, 15) is 14.0 Å². The van der Waals surface area contributed by atoms with Crippen LogP contribution in [-0.4, -0.2) is 35.5 Å². The fourth-order valence-corrected chi connectivity index (χ4v) is 3.01. The largest absolute Gasteiger partial charge is 0.496 e. The molecule has 7 nitrogen and oxygen atoms in total. The van der Waals surface area contributed by atoms with Crippen LogP contribution in [0.25, 0.3) is 5.57 Å². The standard InChI is InChI=1S/C25H34FN3O4/c1-15(2)18(6)14-29-25(31)20(17(5)10-11-33-16(3)4)13-23(28-29)27-24(30)21-12-19(26)8-9-22(21)32-7/h8-10,12-13,15-16,18H,11,14H2,1-7H3,(H,27,28,30)/b17-10+/t18-/m1/s1. The van der Waals surface area contributed by atoms with Crippen LogP contribution < -0.4 is 15.6 Å². The van der Waals surface area contributed by atoms with Gasteiger partial charge >= 0.3 is 0 Å². The lowest BCUT2D eigenvalue weighted by atomic mass is 9.98. The van der Waals surface area contributed by atoms with Gasteiger partial charge in [0.1, 0.15) is 11.6 Å². The van der Waals surface area contributed by atoms with Crippen molar-refractivity contribution in [2.75, 3.05) is 19.0 Å². The van der Waals surface area contributed by atoms with E-state index in [0.29, 0.717) is 30.2 Å². The first-order valence-electron chi connectivity index (χ1n) is 11.1. The molecule has 0 unspecified atom stereocenters. The Hall–Kier alpha value is -3.00. The SMILES string of the molecule is COc1ccc(F)cc1C(=O)Nc1cc(/C(C)=C/COC(C)C)c(=O)n(C[C@@H](C)C(C)C)n1. The van der Waals surface area contributed by atoms with Gasteiger partial charge in [-0.15, -0.1) is 0 Å². The Morgan fingerprint density at radius 3 is 2.48 bits per heavy atom. The Bertz CT molecular complexity index is 1060. The molecule has 0 aliphatic rings. The summed E-state index contributed by atoms with van der Waals surface area (Å²) in [4.78, 5) is 26.0. The highest BCUT2D eigenvalue weighted by Crippen LogP contribution is 2.21. The topological polar surface area (TPSA) is 82.5 Å². The molecule has 0 spiro atoms. The second-order valence-corrected chi connectivity index (χ2v) is 8.72. The molecular weight excluding hydrogens is 425 g/mol. The summed E-state index contributed by atoms with van der Waals surface area (Å²) in [5.74, 6) is -0.197. The van der Waals surface area contributed by atoms with Crippen molar-refractivity contribution >= 4 is 17.3 Å². The van der Waals surface area contributed by atoms with Gasteiger partial charge in [0, 0.05) is 12.1 Å². The summed E-state index contributed by atoms with van der Waals surface area (Å²) >= 11 is 0. The van der Waals surface area contributed by atoms with Crippen LogP contribution in [0.2, 0.25) is 0 Å². The molecule has 1 atom stereocenters. The van der Waals surface area contributed by atoms with Gasteiger partial charge in [-0.3, -0.25) is 9.59 Å². The lowest BCUT2D eigenvalue weighted by molar-refractivity contribution is 0.102. The summed E-state index contributed by atoms with van der Waals surface area (Å²) in [6, 6.07) is 5.23.